The van der Waals surface area contributed by atoms with Crippen LogP contribution in [0.15, 0.2) is 24.3 Å². The number of benzene rings is 1. The topological polar surface area (TPSA) is 41.1 Å². The number of hydrogen-bond donors (Lipinski definition) is 1. The van der Waals surface area contributed by atoms with Gasteiger partial charge in [-0.15, -0.1) is 5.10 Å². The van der Waals surface area contributed by atoms with Gasteiger partial charge < -0.3 is 10.2 Å². The van der Waals surface area contributed by atoms with Crippen LogP contribution in [-0.2, 0) is 0 Å². The van der Waals surface area contributed by atoms with Crippen LogP contribution in [0.3, 0.4) is 0 Å². The molecular formula is C16H24N4. The van der Waals surface area contributed by atoms with E-state index in [1.807, 2.05) is 19.1 Å². The minimum absolute atomic E-state index is 0.178. The fraction of sp³-hybridized carbons (Fsp3) is 0.500. The number of hydrogen-bond acceptors (Lipinski definition) is 4. The molecule has 108 valence electrons. The Hall–Kier alpha value is -1.68. The molecule has 0 unspecified atom stereocenters. The SMILES string of the molecule is Cc1nnc(NCC(C)(C)CN(C)C)c2ccccc12. The van der Waals surface area contributed by atoms with E-state index in [-0.39, 0.29) is 5.41 Å². The van der Waals surface area contributed by atoms with Gasteiger partial charge in [-0.2, -0.15) is 5.10 Å². The molecule has 0 aliphatic rings. The molecule has 1 heterocycles. The lowest BCUT2D eigenvalue weighted by molar-refractivity contribution is 0.254. The zero-order valence-electron chi connectivity index (χ0n) is 13.1. The van der Waals surface area contributed by atoms with Crippen LogP contribution in [0.5, 0.6) is 0 Å². The van der Waals surface area contributed by atoms with Crippen molar-refractivity contribution in [1.29, 1.82) is 0 Å². The lowest BCUT2D eigenvalue weighted by Gasteiger charge is -2.28. The molecular weight excluding hydrogens is 248 g/mol. The largest absolute Gasteiger partial charge is 0.367 e. The summed E-state index contributed by atoms with van der Waals surface area (Å²) in [6.45, 7) is 8.40. The maximum atomic E-state index is 4.31. The first-order chi connectivity index (χ1) is 9.39. The molecule has 0 spiro atoms. The molecule has 0 saturated carbocycles. The highest BCUT2D eigenvalue weighted by molar-refractivity contribution is 5.92. The van der Waals surface area contributed by atoms with E-state index in [9.17, 15) is 0 Å². The molecule has 0 bridgehead atoms. The van der Waals surface area contributed by atoms with Gasteiger partial charge in [0.1, 0.15) is 0 Å². The van der Waals surface area contributed by atoms with Crippen molar-refractivity contribution < 1.29 is 0 Å². The van der Waals surface area contributed by atoms with Crippen molar-refractivity contribution in [2.75, 3.05) is 32.5 Å². The van der Waals surface area contributed by atoms with Crippen LogP contribution in [-0.4, -0.2) is 42.3 Å². The van der Waals surface area contributed by atoms with Crippen molar-refractivity contribution in [2.45, 2.75) is 20.8 Å². The van der Waals surface area contributed by atoms with Gasteiger partial charge in [0.2, 0.25) is 0 Å². The van der Waals surface area contributed by atoms with E-state index in [0.717, 1.165) is 35.4 Å². The van der Waals surface area contributed by atoms with Gasteiger partial charge in [0, 0.05) is 23.9 Å². The molecule has 0 fully saturated rings. The minimum atomic E-state index is 0.178. The predicted octanol–water partition coefficient (Wildman–Crippen LogP) is 2.94. The Balaban J connectivity index is 2.21. The monoisotopic (exact) mass is 272 g/mol. The van der Waals surface area contributed by atoms with Gasteiger partial charge in [-0.3, -0.25) is 0 Å². The van der Waals surface area contributed by atoms with E-state index in [1.54, 1.807) is 0 Å². The second kappa shape index (κ2) is 5.75. The van der Waals surface area contributed by atoms with Crippen LogP contribution in [0, 0.1) is 12.3 Å². The molecule has 1 aromatic heterocycles. The van der Waals surface area contributed by atoms with E-state index in [0.29, 0.717) is 0 Å². The maximum absolute atomic E-state index is 4.31. The molecule has 2 aromatic rings. The highest BCUT2D eigenvalue weighted by atomic mass is 15.2. The average molecular weight is 272 g/mol. The Labute approximate surface area is 121 Å². The highest BCUT2D eigenvalue weighted by Crippen LogP contribution is 2.24. The van der Waals surface area contributed by atoms with Crippen molar-refractivity contribution in [2.24, 2.45) is 5.41 Å². The Kier molecular flexibility index (Phi) is 4.23. The van der Waals surface area contributed by atoms with Crippen molar-refractivity contribution in [3.8, 4) is 0 Å². The van der Waals surface area contributed by atoms with E-state index in [2.05, 4.69) is 60.5 Å². The van der Waals surface area contributed by atoms with Gasteiger partial charge in [0.25, 0.3) is 0 Å². The fourth-order valence-electron chi connectivity index (χ4n) is 2.60. The molecule has 4 nitrogen and oxygen atoms in total. The Bertz CT molecular complexity index is 590. The molecule has 0 aliphatic heterocycles. The van der Waals surface area contributed by atoms with Gasteiger partial charge >= 0.3 is 0 Å². The van der Waals surface area contributed by atoms with Crippen LogP contribution >= 0.6 is 0 Å². The van der Waals surface area contributed by atoms with E-state index in [4.69, 9.17) is 0 Å². The number of anilines is 1. The maximum Gasteiger partial charge on any atom is 0.156 e. The summed E-state index contributed by atoms with van der Waals surface area (Å²) in [4.78, 5) is 2.21. The summed E-state index contributed by atoms with van der Waals surface area (Å²) in [5.74, 6) is 0.873. The van der Waals surface area contributed by atoms with Gasteiger partial charge in [-0.05, 0) is 26.4 Å². The molecule has 0 atom stereocenters. The van der Waals surface area contributed by atoms with Crippen LogP contribution in [0.2, 0.25) is 0 Å². The molecule has 1 N–H and O–H groups in total. The lowest BCUT2D eigenvalue weighted by Crippen LogP contribution is -2.34. The second-order valence-electron chi connectivity index (χ2n) is 6.44. The summed E-state index contributed by atoms with van der Waals surface area (Å²) in [7, 11) is 4.20. The third kappa shape index (κ3) is 3.45. The Morgan fingerprint density at radius 1 is 1.10 bits per heavy atom. The average Bonchev–Trinajstić information content (AvgIpc) is 2.37. The molecule has 2 rings (SSSR count). The number of fused-ring (bicyclic) bond motifs is 1. The molecule has 0 aliphatic carbocycles. The number of nitrogens with one attached hydrogen (secondary N) is 1. The molecule has 0 radical (unpaired) electrons. The van der Waals surface area contributed by atoms with Crippen molar-refractivity contribution in [3.05, 3.63) is 30.0 Å². The zero-order chi connectivity index (χ0) is 14.8. The summed E-state index contributed by atoms with van der Waals surface area (Å²) in [6, 6.07) is 8.27. The summed E-state index contributed by atoms with van der Waals surface area (Å²) < 4.78 is 0. The summed E-state index contributed by atoms with van der Waals surface area (Å²) in [6.07, 6.45) is 0. The molecule has 4 heteroatoms. The van der Waals surface area contributed by atoms with Crippen molar-refractivity contribution >= 4 is 16.6 Å². The highest BCUT2D eigenvalue weighted by Gasteiger charge is 2.19. The Morgan fingerprint density at radius 3 is 2.40 bits per heavy atom. The first kappa shape index (κ1) is 14.7. The van der Waals surface area contributed by atoms with E-state index < -0.39 is 0 Å². The van der Waals surface area contributed by atoms with Gasteiger partial charge in [-0.25, -0.2) is 0 Å². The fourth-order valence-corrected chi connectivity index (χ4v) is 2.60. The van der Waals surface area contributed by atoms with Crippen molar-refractivity contribution in [1.82, 2.24) is 15.1 Å². The smallest absolute Gasteiger partial charge is 0.156 e. The van der Waals surface area contributed by atoms with Crippen LogP contribution < -0.4 is 5.32 Å². The summed E-state index contributed by atoms with van der Waals surface area (Å²) in [5, 5.41) is 14.3. The Morgan fingerprint density at radius 2 is 1.75 bits per heavy atom. The number of aryl methyl sites for hydroxylation is 1. The summed E-state index contributed by atoms with van der Waals surface area (Å²) >= 11 is 0. The molecule has 0 amide bonds. The number of nitrogens with zero attached hydrogens (tertiary/aromatic N) is 3. The minimum Gasteiger partial charge on any atom is -0.367 e. The molecule has 0 saturated heterocycles. The van der Waals surface area contributed by atoms with E-state index >= 15 is 0 Å². The summed E-state index contributed by atoms with van der Waals surface area (Å²) in [5.41, 5.74) is 1.15. The lowest BCUT2D eigenvalue weighted by atomic mass is 9.93. The van der Waals surface area contributed by atoms with Crippen molar-refractivity contribution in [3.63, 3.8) is 0 Å². The van der Waals surface area contributed by atoms with Crippen LogP contribution in [0.25, 0.3) is 10.8 Å². The molecule has 20 heavy (non-hydrogen) atoms. The normalized spacial score (nSPS) is 12.1. The van der Waals surface area contributed by atoms with Gasteiger partial charge in [-0.1, -0.05) is 38.1 Å². The van der Waals surface area contributed by atoms with Gasteiger partial charge in [0.05, 0.1) is 5.69 Å². The first-order valence-electron chi connectivity index (χ1n) is 7.00. The quantitative estimate of drug-likeness (QED) is 0.908. The standard InChI is InChI=1S/C16H24N4/c1-12-13-8-6-7-9-14(13)15(19-18-12)17-10-16(2,3)11-20(4)5/h6-9H,10-11H2,1-5H3,(H,17,19). The molecule has 1 aromatic carbocycles. The third-order valence-corrected chi connectivity index (χ3v) is 3.35. The van der Waals surface area contributed by atoms with Gasteiger partial charge in [0.15, 0.2) is 5.82 Å². The van der Waals surface area contributed by atoms with Crippen LogP contribution in [0.4, 0.5) is 5.82 Å². The first-order valence-corrected chi connectivity index (χ1v) is 7.00. The van der Waals surface area contributed by atoms with E-state index in [1.165, 1.54) is 0 Å². The third-order valence-electron chi connectivity index (χ3n) is 3.35. The number of aromatic nitrogens is 2. The predicted molar refractivity (Wildman–Crippen MR) is 85.1 cm³/mol. The number of rotatable bonds is 5. The second-order valence-corrected chi connectivity index (χ2v) is 6.44. The van der Waals surface area contributed by atoms with Crippen LogP contribution in [0.1, 0.15) is 19.5 Å². The zero-order valence-corrected chi connectivity index (χ0v) is 13.1.